The average Bonchev–Trinajstić information content (AvgIpc) is 2.95. The number of benzene rings is 4. The average molecular weight is 478 g/mol. The van der Waals surface area contributed by atoms with E-state index in [1.165, 1.54) is 21.9 Å². The smallest absolute Gasteiger partial charge is 0.201 e. The van der Waals surface area contributed by atoms with Gasteiger partial charge in [0.1, 0.15) is 6.10 Å². The van der Waals surface area contributed by atoms with Crippen LogP contribution >= 0.6 is 0 Å². The van der Waals surface area contributed by atoms with Gasteiger partial charge >= 0.3 is 0 Å². The van der Waals surface area contributed by atoms with Crippen molar-refractivity contribution in [3.63, 3.8) is 0 Å². The van der Waals surface area contributed by atoms with Gasteiger partial charge in [-0.2, -0.15) is 0 Å². The molecule has 1 saturated carbocycles. The van der Waals surface area contributed by atoms with Crippen molar-refractivity contribution in [1.82, 2.24) is 0 Å². The molecular formula is C32H31NO3. The van der Waals surface area contributed by atoms with Gasteiger partial charge in [0.15, 0.2) is 0 Å². The molecule has 2 fully saturated rings. The largest absolute Gasteiger partial charge is 0.382 e. The molecule has 1 N–H and O–H groups in total. The fraction of sp³-hybridized carbons (Fsp3) is 0.250. The molecule has 0 aromatic heterocycles. The van der Waals surface area contributed by atoms with E-state index in [4.69, 9.17) is 14.5 Å². The highest BCUT2D eigenvalue weighted by Gasteiger charge is 2.43. The Balaban J connectivity index is 1.06. The number of nitrogens with one attached hydrogen (secondary N) is 1. The zero-order chi connectivity index (χ0) is 24.4. The van der Waals surface area contributed by atoms with E-state index >= 15 is 0 Å². The van der Waals surface area contributed by atoms with Crippen LogP contribution in [0.5, 0.6) is 0 Å². The molecule has 1 aliphatic carbocycles. The highest BCUT2D eigenvalue weighted by Crippen LogP contribution is 2.39. The molecule has 1 unspecified atom stereocenters. The molecule has 1 saturated heterocycles. The Bertz CT molecular complexity index is 1350. The van der Waals surface area contributed by atoms with Crippen LogP contribution in [0.1, 0.15) is 31.2 Å². The first kappa shape index (κ1) is 23.0. The normalized spacial score (nSPS) is 24.0. The first-order valence-electron chi connectivity index (χ1n) is 12.8. The van der Waals surface area contributed by atoms with Gasteiger partial charge < -0.3 is 10.1 Å². The molecule has 0 bridgehead atoms. The highest BCUT2D eigenvalue weighted by atomic mass is 17.2. The summed E-state index contributed by atoms with van der Waals surface area (Å²) in [5.74, 6) is -0.669. The third kappa shape index (κ3) is 4.68. The third-order valence-corrected chi connectivity index (χ3v) is 7.44. The van der Waals surface area contributed by atoms with Crippen LogP contribution in [0.4, 0.5) is 5.69 Å². The molecule has 4 nitrogen and oxygen atoms in total. The van der Waals surface area contributed by atoms with Crippen molar-refractivity contribution in [1.29, 1.82) is 0 Å². The van der Waals surface area contributed by atoms with Crippen LogP contribution in [0.25, 0.3) is 27.5 Å². The Morgan fingerprint density at radius 3 is 2.31 bits per heavy atom. The fourth-order valence-corrected chi connectivity index (χ4v) is 5.29. The molecule has 4 aromatic rings. The summed E-state index contributed by atoms with van der Waals surface area (Å²) >= 11 is 0. The second kappa shape index (κ2) is 9.90. The Labute approximate surface area is 212 Å². The molecule has 1 heterocycles. The molecule has 1 aliphatic heterocycles. The van der Waals surface area contributed by atoms with Gasteiger partial charge in [-0.25, -0.2) is 9.78 Å². The van der Waals surface area contributed by atoms with Crippen molar-refractivity contribution in [3.05, 3.63) is 109 Å². The number of hydrogen-bond donors (Lipinski definition) is 1. The number of rotatable bonds is 5. The molecule has 0 radical (unpaired) electrons. The number of para-hydroxylation sites is 1. The third-order valence-electron chi connectivity index (χ3n) is 7.44. The van der Waals surface area contributed by atoms with Crippen molar-refractivity contribution in [2.75, 3.05) is 11.9 Å². The monoisotopic (exact) mass is 477 g/mol. The summed E-state index contributed by atoms with van der Waals surface area (Å²) in [6.07, 6.45) is 3.15. The van der Waals surface area contributed by atoms with E-state index in [1.807, 2.05) is 12.1 Å². The molecule has 182 valence electrons. The van der Waals surface area contributed by atoms with Gasteiger partial charge in [-0.3, -0.25) is 0 Å². The SMILES string of the molecule is C=C(c1ccc2ccccc2c1)C1COC2(CCC(Nc3ccccc3-c3ccccc3)CC2)OO1. The maximum atomic E-state index is 6.30. The molecule has 36 heavy (non-hydrogen) atoms. The molecule has 4 heteroatoms. The van der Waals surface area contributed by atoms with Gasteiger partial charge in [-0.05, 0) is 52.4 Å². The quantitative estimate of drug-likeness (QED) is 0.300. The summed E-state index contributed by atoms with van der Waals surface area (Å²) in [7, 11) is 0. The van der Waals surface area contributed by atoms with Crippen molar-refractivity contribution in [3.8, 4) is 11.1 Å². The van der Waals surface area contributed by atoms with Gasteiger partial charge in [0.2, 0.25) is 5.79 Å². The van der Waals surface area contributed by atoms with Gasteiger partial charge in [0, 0.05) is 30.1 Å². The van der Waals surface area contributed by atoms with Crippen LogP contribution in [0.2, 0.25) is 0 Å². The maximum absolute atomic E-state index is 6.30. The summed E-state index contributed by atoms with van der Waals surface area (Å²) in [6.45, 7) is 4.73. The van der Waals surface area contributed by atoms with Crippen LogP contribution in [0, 0.1) is 0 Å². The number of fused-ring (bicyclic) bond motifs is 1. The molecule has 1 spiro atoms. The van der Waals surface area contributed by atoms with E-state index < -0.39 is 5.79 Å². The van der Waals surface area contributed by atoms with Gasteiger partial charge in [-0.1, -0.05) is 91.5 Å². The van der Waals surface area contributed by atoms with Crippen LogP contribution < -0.4 is 5.32 Å². The van der Waals surface area contributed by atoms with Gasteiger partial charge in [0.25, 0.3) is 0 Å². The molecular weight excluding hydrogens is 446 g/mol. The predicted molar refractivity (Wildman–Crippen MR) is 145 cm³/mol. The van der Waals surface area contributed by atoms with Crippen molar-refractivity contribution in [2.24, 2.45) is 0 Å². The topological polar surface area (TPSA) is 39.7 Å². The predicted octanol–water partition coefficient (Wildman–Crippen LogP) is 7.62. The lowest BCUT2D eigenvalue weighted by atomic mass is 9.89. The Hall–Kier alpha value is -3.44. The van der Waals surface area contributed by atoms with Crippen molar-refractivity contribution >= 4 is 22.0 Å². The van der Waals surface area contributed by atoms with Crippen LogP contribution in [-0.4, -0.2) is 24.5 Å². The summed E-state index contributed by atoms with van der Waals surface area (Å²) < 4.78 is 6.30. The van der Waals surface area contributed by atoms with E-state index in [0.717, 1.165) is 42.5 Å². The summed E-state index contributed by atoms with van der Waals surface area (Å²) in [5, 5.41) is 6.16. The van der Waals surface area contributed by atoms with Crippen LogP contribution in [0.15, 0.2) is 104 Å². The molecule has 6 rings (SSSR count). The molecule has 0 amide bonds. The zero-order valence-electron chi connectivity index (χ0n) is 20.4. The zero-order valence-corrected chi connectivity index (χ0v) is 20.4. The molecule has 2 aliphatic rings. The Morgan fingerprint density at radius 2 is 1.53 bits per heavy atom. The lowest BCUT2D eigenvalue weighted by Crippen LogP contribution is -2.49. The summed E-state index contributed by atoms with van der Waals surface area (Å²) in [6, 6.07) is 34.1. The van der Waals surface area contributed by atoms with E-state index in [1.54, 1.807) is 0 Å². The highest BCUT2D eigenvalue weighted by molar-refractivity contribution is 5.86. The lowest BCUT2D eigenvalue weighted by molar-refractivity contribution is -0.483. The van der Waals surface area contributed by atoms with E-state index in [0.29, 0.717) is 12.6 Å². The lowest BCUT2D eigenvalue weighted by Gasteiger charge is -2.43. The van der Waals surface area contributed by atoms with E-state index in [2.05, 4.69) is 96.8 Å². The van der Waals surface area contributed by atoms with Gasteiger partial charge in [-0.15, -0.1) is 0 Å². The minimum Gasteiger partial charge on any atom is -0.382 e. The Morgan fingerprint density at radius 1 is 0.806 bits per heavy atom. The van der Waals surface area contributed by atoms with Crippen LogP contribution in [0.3, 0.4) is 0 Å². The molecule has 4 aromatic carbocycles. The standard InChI is InChI=1S/C32H31NO3/c1-23(26-16-15-24-9-5-6-12-27(24)21-26)31-22-34-32(36-35-31)19-17-28(18-20-32)33-30-14-8-7-13-29(30)25-10-3-2-4-11-25/h2-16,21,28,31,33H,1,17-20,22H2. The van der Waals surface area contributed by atoms with E-state index in [-0.39, 0.29) is 6.10 Å². The van der Waals surface area contributed by atoms with Crippen molar-refractivity contribution < 1.29 is 14.5 Å². The summed E-state index contributed by atoms with van der Waals surface area (Å²) in [5.41, 5.74) is 5.54. The second-order valence-electron chi connectivity index (χ2n) is 9.81. The second-order valence-corrected chi connectivity index (χ2v) is 9.81. The molecule has 1 atom stereocenters. The van der Waals surface area contributed by atoms with E-state index in [9.17, 15) is 0 Å². The Kier molecular flexibility index (Phi) is 6.32. The maximum Gasteiger partial charge on any atom is 0.201 e. The van der Waals surface area contributed by atoms with Crippen molar-refractivity contribution in [2.45, 2.75) is 43.6 Å². The fourth-order valence-electron chi connectivity index (χ4n) is 5.29. The number of anilines is 1. The number of hydrogen-bond acceptors (Lipinski definition) is 4. The summed E-state index contributed by atoms with van der Waals surface area (Å²) in [4.78, 5) is 11.8. The first-order chi connectivity index (χ1) is 17.7. The minimum atomic E-state index is -0.669. The first-order valence-corrected chi connectivity index (χ1v) is 12.8. The van der Waals surface area contributed by atoms with Gasteiger partial charge in [0.05, 0.1) is 6.61 Å². The van der Waals surface area contributed by atoms with Crippen LogP contribution in [-0.2, 0) is 14.5 Å². The number of ether oxygens (including phenoxy) is 1. The minimum absolute atomic E-state index is 0.314.